The van der Waals surface area contributed by atoms with E-state index in [0.717, 1.165) is 24.6 Å². The quantitative estimate of drug-likeness (QED) is 0.618. The summed E-state index contributed by atoms with van der Waals surface area (Å²) in [5.74, 6) is 0.471. The number of carbonyl (C=O) groups excluding carboxylic acids is 2. The van der Waals surface area contributed by atoms with Gasteiger partial charge < -0.3 is 25.4 Å². The lowest BCUT2D eigenvalue weighted by atomic mass is 9.73. The van der Waals surface area contributed by atoms with Gasteiger partial charge in [0.25, 0.3) is 11.8 Å². The molecule has 32 heavy (non-hydrogen) atoms. The molecule has 0 saturated heterocycles. The molecule has 0 bridgehead atoms. The van der Waals surface area contributed by atoms with Gasteiger partial charge in [-0.25, -0.2) is 4.39 Å². The van der Waals surface area contributed by atoms with E-state index in [-0.39, 0.29) is 41.3 Å². The van der Waals surface area contributed by atoms with Gasteiger partial charge in [0.2, 0.25) is 6.23 Å². The number of hydrogen-bond acceptors (Lipinski definition) is 5. The lowest BCUT2D eigenvalue weighted by Crippen LogP contribution is -2.48. The molecular weight excluding hydrogens is 437 g/mol. The van der Waals surface area contributed by atoms with Gasteiger partial charge >= 0.3 is 0 Å². The maximum Gasteiger partial charge on any atom is 0.282 e. The zero-order chi connectivity index (χ0) is 22.2. The van der Waals surface area contributed by atoms with E-state index in [1.807, 2.05) is 24.3 Å². The maximum atomic E-state index is 13.5. The van der Waals surface area contributed by atoms with Crippen LogP contribution in [0, 0.1) is 17.7 Å². The monoisotopic (exact) mass is 459 g/mol. The molecule has 0 radical (unpaired) electrons. The third-order valence-corrected chi connectivity index (χ3v) is 6.82. The van der Waals surface area contributed by atoms with Gasteiger partial charge in [-0.2, -0.15) is 0 Å². The first-order valence-electron chi connectivity index (χ1n) is 10.7. The molecule has 2 amide bonds. The molecule has 2 fully saturated rings. The molecule has 2 aromatic carbocycles. The fraction of sp³-hybridized carbons (Fsp3) is 0.391. The second kappa shape index (κ2) is 8.50. The summed E-state index contributed by atoms with van der Waals surface area (Å²) in [7, 11) is 0. The predicted molar refractivity (Wildman–Crippen MR) is 116 cm³/mol. The number of rotatable bonds is 6. The third kappa shape index (κ3) is 4.07. The molecule has 4 unspecified atom stereocenters. The molecule has 2 saturated carbocycles. The Bertz CT molecular complexity index is 1030. The van der Waals surface area contributed by atoms with E-state index in [1.165, 1.54) is 12.1 Å². The Labute approximate surface area is 189 Å². The van der Waals surface area contributed by atoms with Gasteiger partial charge in [0.05, 0.1) is 10.7 Å². The molecule has 5 atom stereocenters. The molecule has 3 aliphatic rings. The molecule has 0 spiro atoms. The van der Waals surface area contributed by atoms with Gasteiger partial charge in [-0.3, -0.25) is 9.59 Å². The van der Waals surface area contributed by atoms with Crippen LogP contribution in [-0.2, 0) is 9.59 Å². The molecule has 2 aromatic rings. The maximum absolute atomic E-state index is 13.5. The number of ether oxygens (including phenoxy) is 2. The van der Waals surface area contributed by atoms with Gasteiger partial charge in [0, 0.05) is 18.2 Å². The molecule has 1 aliphatic heterocycles. The zero-order valence-corrected chi connectivity index (χ0v) is 17.9. The number of hydrogen-bond donors (Lipinski definition) is 3. The van der Waals surface area contributed by atoms with Crippen molar-refractivity contribution in [3.8, 4) is 11.5 Å². The van der Waals surface area contributed by atoms with Crippen molar-refractivity contribution < 1.29 is 23.5 Å². The molecule has 168 valence electrons. The van der Waals surface area contributed by atoms with Crippen LogP contribution in [0.25, 0.3) is 0 Å². The van der Waals surface area contributed by atoms with Gasteiger partial charge in [-0.15, -0.1) is 0 Å². The van der Waals surface area contributed by atoms with E-state index in [0.29, 0.717) is 24.0 Å². The fourth-order valence-electron chi connectivity index (χ4n) is 4.83. The average Bonchev–Trinajstić information content (AvgIpc) is 3.27. The molecule has 9 heteroatoms. The SMILES string of the molecule is O=C(COc1ccc(Cl)c(F)c1)NC1C[C@H](NC(=O)C2Nc3ccccc3O2)C2CCC12. The van der Waals surface area contributed by atoms with Gasteiger partial charge in [-0.05, 0) is 55.4 Å². The van der Waals surface area contributed by atoms with Gasteiger partial charge in [-0.1, -0.05) is 23.7 Å². The van der Waals surface area contributed by atoms with Crippen LogP contribution in [0.4, 0.5) is 10.1 Å². The Morgan fingerprint density at radius 3 is 2.59 bits per heavy atom. The topological polar surface area (TPSA) is 88.7 Å². The fourth-order valence-corrected chi connectivity index (χ4v) is 4.95. The third-order valence-electron chi connectivity index (χ3n) is 6.52. The standard InChI is InChI=1S/C23H23ClFN3O4/c24-15-8-5-12(9-16(15)25)31-11-21(29)26-18-10-19(14-7-6-13(14)18)27-22(30)23-28-17-3-1-2-4-20(17)32-23/h1-5,8-9,13-14,18-19,23,28H,6-7,10-11H2,(H,26,29)(H,27,30)/t13?,14?,18?,19-,23?/m0/s1. The van der Waals surface area contributed by atoms with Crippen molar-refractivity contribution in [3.05, 3.63) is 53.3 Å². The van der Waals surface area contributed by atoms with Crippen LogP contribution in [0.5, 0.6) is 11.5 Å². The molecule has 1 heterocycles. The molecule has 5 rings (SSSR count). The van der Waals surface area contributed by atoms with Crippen LogP contribution >= 0.6 is 11.6 Å². The number of nitrogens with one attached hydrogen (secondary N) is 3. The van der Waals surface area contributed by atoms with Crippen LogP contribution in [0.2, 0.25) is 5.02 Å². The normalized spacial score (nSPS) is 27.2. The van der Waals surface area contributed by atoms with Crippen molar-refractivity contribution in [1.29, 1.82) is 0 Å². The number of carbonyl (C=O) groups is 2. The summed E-state index contributed by atoms with van der Waals surface area (Å²) in [5.41, 5.74) is 0.798. The Kier molecular flexibility index (Phi) is 5.55. The molecule has 3 N–H and O–H groups in total. The number of fused-ring (bicyclic) bond motifs is 2. The first kappa shape index (κ1) is 20.9. The minimum Gasteiger partial charge on any atom is -0.484 e. The van der Waals surface area contributed by atoms with Crippen LogP contribution < -0.4 is 25.4 Å². The molecular formula is C23H23ClFN3O4. The number of anilines is 1. The van der Waals surface area contributed by atoms with Crippen molar-refractivity contribution >= 4 is 29.1 Å². The van der Waals surface area contributed by atoms with Crippen LogP contribution in [0.3, 0.4) is 0 Å². The van der Waals surface area contributed by atoms with E-state index >= 15 is 0 Å². The van der Waals surface area contributed by atoms with Crippen molar-refractivity contribution in [2.24, 2.45) is 11.8 Å². The second-order valence-electron chi connectivity index (χ2n) is 8.43. The smallest absolute Gasteiger partial charge is 0.282 e. The summed E-state index contributed by atoms with van der Waals surface area (Å²) in [5, 5.41) is 9.19. The highest BCUT2D eigenvalue weighted by molar-refractivity contribution is 6.30. The van der Waals surface area contributed by atoms with Crippen LogP contribution in [0.15, 0.2) is 42.5 Å². The minimum absolute atomic E-state index is 0.000967. The summed E-state index contributed by atoms with van der Waals surface area (Å²) in [6, 6.07) is 11.4. The molecule has 7 nitrogen and oxygen atoms in total. The summed E-state index contributed by atoms with van der Waals surface area (Å²) in [6.45, 7) is -0.218. The number of para-hydroxylation sites is 2. The van der Waals surface area contributed by atoms with Crippen molar-refractivity contribution in [1.82, 2.24) is 10.6 Å². The van der Waals surface area contributed by atoms with Crippen LogP contribution in [-0.4, -0.2) is 36.7 Å². The first-order valence-corrected chi connectivity index (χ1v) is 11.1. The zero-order valence-electron chi connectivity index (χ0n) is 17.1. The highest BCUT2D eigenvalue weighted by atomic mass is 35.5. The molecule has 2 aliphatic carbocycles. The average molecular weight is 460 g/mol. The highest BCUT2D eigenvalue weighted by Crippen LogP contribution is 2.47. The van der Waals surface area contributed by atoms with E-state index in [1.54, 1.807) is 0 Å². The van der Waals surface area contributed by atoms with Crippen molar-refractivity contribution in [2.75, 3.05) is 11.9 Å². The second-order valence-corrected chi connectivity index (χ2v) is 8.84. The van der Waals surface area contributed by atoms with E-state index < -0.39 is 12.0 Å². The van der Waals surface area contributed by atoms with Crippen LogP contribution in [0.1, 0.15) is 19.3 Å². The van der Waals surface area contributed by atoms with Gasteiger partial charge in [0.1, 0.15) is 17.3 Å². The molecule has 0 aromatic heterocycles. The summed E-state index contributed by atoms with van der Waals surface area (Å²) >= 11 is 5.66. The minimum atomic E-state index is -0.757. The summed E-state index contributed by atoms with van der Waals surface area (Å²) in [6.07, 6.45) is 1.92. The van der Waals surface area contributed by atoms with E-state index in [2.05, 4.69) is 16.0 Å². The van der Waals surface area contributed by atoms with Crippen molar-refractivity contribution in [2.45, 2.75) is 37.6 Å². The number of amides is 2. The summed E-state index contributed by atoms with van der Waals surface area (Å²) in [4.78, 5) is 25.1. The summed E-state index contributed by atoms with van der Waals surface area (Å²) < 4.78 is 24.6. The number of halogens is 2. The van der Waals surface area contributed by atoms with Crippen molar-refractivity contribution in [3.63, 3.8) is 0 Å². The Morgan fingerprint density at radius 2 is 1.88 bits per heavy atom. The van der Waals surface area contributed by atoms with Gasteiger partial charge in [0.15, 0.2) is 6.61 Å². The Morgan fingerprint density at radius 1 is 1.12 bits per heavy atom. The predicted octanol–water partition coefficient (Wildman–Crippen LogP) is 3.09. The number of benzene rings is 2. The Hall–Kier alpha value is -3.00. The lowest BCUT2D eigenvalue weighted by molar-refractivity contribution is -0.127. The van der Waals surface area contributed by atoms with E-state index in [9.17, 15) is 14.0 Å². The first-order chi connectivity index (χ1) is 15.5. The lowest BCUT2D eigenvalue weighted by Gasteiger charge is -2.36. The Balaban J connectivity index is 1.12. The largest absolute Gasteiger partial charge is 0.484 e. The van der Waals surface area contributed by atoms with E-state index in [4.69, 9.17) is 21.1 Å². The highest BCUT2D eigenvalue weighted by Gasteiger charge is 2.50.